The van der Waals surface area contributed by atoms with Crippen LogP contribution in [0.15, 0.2) is 24.4 Å². The van der Waals surface area contributed by atoms with Crippen LogP contribution in [0.25, 0.3) is 0 Å². The molecule has 0 aliphatic carbocycles. The molecule has 7 heteroatoms. The number of carboxylic acid groups (broad SMARTS) is 1. The summed E-state index contributed by atoms with van der Waals surface area (Å²) in [5, 5.41) is 8.52. The lowest BCUT2D eigenvalue weighted by atomic mass is 10.1. The second-order valence-electron chi connectivity index (χ2n) is 3.89. The van der Waals surface area contributed by atoms with E-state index in [1.54, 1.807) is 18.2 Å². The van der Waals surface area contributed by atoms with Gasteiger partial charge in [0.25, 0.3) is 0 Å². The van der Waals surface area contributed by atoms with Gasteiger partial charge in [-0.15, -0.1) is 0 Å². The van der Waals surface area contributed by atoms with E-state index in [2.05, 4.69) is 4.98 Å². The van der Waals surface area contributed by atoms with Crippen molar-refractivity contribution in [3.05, 3.63) is 30.1 Å². The van der Waals surface area contributed by atoms with Gasteiger partial charge in [-0.2, -0.15) is 13.2 Å². The van der Waals surface area contributed by atoms with E-state index >= 15 is 0 Å². The first-order valence-electron chi connectivity index (χ1n) is 5.19. The fourth-order valence-corrected chi connectivity index (χ4v) is 1.54. The Kier molecular flexibility index (Phi) is 4.66. The van der Waals surface area contributed by atoms with Crippen LogP contribution in [0.3, 0.4) is 0 Å². The maximum atomic E-state index is 12.7. The van der Waals surface area contributed by atoms with Crippen molar-refractivity contribution in [1.82, 2.24) is 9.88 Å². The molecule has 1 N–H and O–H groups in total. The maximum Gasteiger partial charge on any atom is 0.404 e. The first-order valence-corrected chi connectivity index (χ1v) is 5.19. The second-order valence-corrected chi connectivity index (χ2v) is 3.89. The van der Waals surface area contributed by atoms with Crippen LogP contribution in [0, 0.1) is 0 Å². The second kappa shape index (κ2) is 5.81. The third-order valence-electron chi connectivity index (χ3n) is 2.42. The summed E-state index contributed by atoms with van der Waals surface area (Å²) >= 11 is 0. The van der Waals surface area contributed by atoms with E-state index < -0.39 is 24.6 Å². The van der Waals surface area contributed by atoms with Crippen LogP contribution in [0.2, 0.25) is 0 Å². The molecule has 0 saturated heterocycles. The third-order valence-corrected chi connectivity index (χ3v) is 2.42. The number of hydrogen-bond donors (Lipinski definition) is 1. The average Bonchev–Trinajstić information content (AvgIpc) is 2.25. The summed E-state index contributed by atoms with van der Waals surface area (Å²) < 4.78 is 38.1. The minimum Gasteiger partial charge on any atom is -0.481 e. The number of halogens is 3. The molecule has 0 saturated carbocycles. The number of alkyl halides is 3. The van der Waals surface area contributed by atoms with E-state index in [0.29, 0.717) is 5.69 Å². The Morgan fingerprint density at radius 3 is 2.61 bits per heavy atom. The molecule has 0 spiro atoms. The Hall–Kier alpha value is -1.63. The molecule has 1 heterocycles. The number of aliphatic carboxylic acids is 1. The molecular formula is C11H13F3N2O2. The van der Waals surface area contributed by atoms with E-state index in [0.717, 1.165) is 4.90 Å². The normalized spacial score (nSPS) is 13.6. The molecule has 1 aromatic rings. The maximum absolute atomic E-state index is 12.7. The number of aromatic nitrogens is 1. The molecule has 1 rings (SSSR count). The molecule has 0 aliphatic rings. The Balaban J connectivity index is 2.77. The van der Waals surface area contributed by atoms with Crippen molar-refractivity contribution < 1.29 is 23.1 Å². The molecule has 0 radical (unpaired) electrons. The average molecular weight is 262 g/mol. The fraction of sp³-hybridized carbons (Fsp3) is 0.455. The highest BCUT2D eigenvalue weighted by Crippen LogP contribution is 2.27. The molecule has 1 atom stereocenters. The van der Waals surface area contributed by atoms with Crippen molar-refractivity contribution >= 4 is 5.97 Å². The molecule has 100 valence electrons. The molecular weight excluding hydrogens is 249 g/mol. The van der Waals surface area contributed by atoms with Gasteiger partial charge in [0.05, 0.1) is 12.1 Å². The van der Waals surface area contributed by atoms with Crippen molar-refractivity contribution in [2.24, 2.45) is 0 Å². The van der Waals surface area contributed by atoms with Gasteiger partial charge in [0.2, 0.25) is 0 Å². The monoisotopic (exact) mass is 262 g/mol. The topological polar surface area (TPSA) is 53.4 Å². The summed E-state index contributed by atoms with van der Waals surface area (Å²) in [6.45, 7) is -0.0572. The highest BCUT2D eigenvalue weighted by molar-refractivity contribution is 5.67. The fourth-order valence-electron chi connectivity index (χ4n) is 1.54. The molecule has 1 aromatic heterocycles. The Morgan fingerprint density at radius 1 is 1.50 bits per heavy atom. The quantitative estimate of drug-likeness (QED) is 0.880. The van der Waals surface area contributed by atoms with Gasteiger partial charge in [-0.05, 0) is 19.2 Å². The third kappa shape index (κ3) is 4.33. The van der Waals surface area contributed by atoms with Crippen molar-refractivity contribution in [3.63, 3.8) is 0 Å². The van der Waals surface area contributed by atoms with Crippen molar-refractivity contribution in [1.29, 1.82) is 0 Å². The Bertz CT molecular complexity index is 395. The zero-order valence-electron chi connectivity index (χ0n) is 9.68. The van der Waals surface area contributed by atoms with Gasteiger partial charge in [-0.25, -0.2) is 0 Å². The molecule has 1 unspecified atom stereocenters. The van der Waals surface area contributed by atoms with Crippen LogP contribution in [-0.2, 0) is 11.3 Å². The summed E-state index contributed by atoms with van der Waals surface area (Å²) in [5.74, 6) is -1.48. The van der Waals surface area contributed by atoms with Crippen LogP contribution in [0.4, 0.5) is 13.2 Å². The van der Waals surface area contributed by atoms with E-state index in [1.165, 1.54) is 13.2 Å². The molecule has 0 aliphatic heterocycles. The van der Waals surface area contributed by atoms with Crippen molar-refractivity contribution in [2.75, 3.05) is 7.05 Å². The molecule has 18 heavy (non-hydrogen) atoms. The minimum atomic E-state index is -4.58. The number of carboxylic acids is 1. The van der Waals surface area contributed by atoms with Crippen LogP contribution in [0.1, 0.15) is 12.1 Å². The smallest absolute Gasteiger partial charge is 0.404 e. The molecule has 4 nitrogen and oxygen atoms in total. The van der Waals surface area contributed by atoms with E-state index in [4.69, 9.17) is 5.11 Å². The van der Waals surface area contributed by atoms with E-state index in [1.807, 2.05) is 0 Å². The lowest BCUT2D eigenvalue weighted by Gasteiger charge is -2.28. The van der Waals surface area contributed by atoms with Crippen molar-refractivity contribution in [2.45, 2.75) is 25.2 Å². The lowest BCUT2D eigenvalue weighted by molar-refractivity contribution is -0.188. The van der Waals surface area contributed by atoms with Crippen molar-refractivity contribution in [3.8, 4) is 0 Å². The van der Waals surface area contributed by atoms with E-state index in [-0.39, 0.29) is 6.54 Å². The molecule has 0 fully saturated rings. The summed E-state index contributed by atoms with van der Waals surface area (Å²) in [6, 6.07) is 2.89. The number of pyridine rings is 1. The highest BCUT2D eigenvalue weighted by Gasteiger charge is 2.43. The van der Waals surface area contributed by atoms with Gasteiger partial charge in [-0.1, -0.05) is 6.07 Å². The first-order chi connectivity index (χ1) is 8.30. The number of carbonyl (C=O) groups is 1. The number of hydrogen-bond acceptors (Lipinski definition) is 3. The number of rotatable bonds is 5. The lowest BCUT2D eigenvalue weighted by Crippen LogP contribution is -2.44. The van der Waals surface area contributed by atoms with Crippen LogP contribution < -0.4 is 0 Å². The van der Waals surface area contributed by atoms with Gasteiger partial charge < -0.3 is 5.11 Å². The SMILES string of the molecule is CN(Cc1ccccn1)C(CC(=O)O)C(F)(F)F. The summed E-state index contributed by atoms with van der Waals surface area (Å²) in [6.07, 6.45) is -4.09. The van der Waals surface area contributed by atoms with Crippen LogP contribution in [-0.4, -0.2) is 40.2 Å². The summed E-state index contributed by atoms with van der Waals surface area (Å²) in [7, 11) is 1.23. The van der Waals surface area contributed by atoms with Crippen LogP contribution in [0.5, 0.6) is 0 Å². The van der Waals surface area contributed by atoms with Gasteiger partial charge >= 0.3 is 12.1 Å². The number of nitrogens with zero attached hydrogens (tertiary/aromatic N) is 2. The predicted octanol–water partition coefficient (Wildman–Crippen LogP) is 1.92. The summed E-state index contributed by atoms with van der Waals surface area (Å²) in [4.78, 5) is 15.3. The summed E-state index contributed by atoms with van der Waals surface area (Å²) in [5.41, 5.74) is 0.458. The molecule has 0 amide bonds. The predicted molar refractivity (Wildman–Crippen MR) is 57.8 cm³/mol. The Morgan fingerprint density at radius 2 is 2.17 bits per heavy atom. The molecule has 0 bridgehead atoms. The largest absolute Gasteiger partial charge is 0.481 e. The zero-order valence-corrected chi connectivity index (χ0v) is 9.68. The standard InChI is InChI=1S/C11H13F3N2O2/c1-16(7-8-4-2-3-5-15-8)9(6-10(17)18)11(12,13)14/h2-5,9H,6-7H2,1H3,(H,17,18). The Labute approximate surface area is 102 Å². The van der Waals surface area contributed by atoms with Gasteiger partial charge in [0.1, 0.15) is 6.04 Å². The zero-order chi connectivity index (χ0) is 13.8. The highest BCUT2D eigenvalue weighted by atomic mass is 19.4. The van der Waals surface area contributed by atoms with Gasteiger partial charge in [0, 0.05) is 12.7 Å². The minimum absolute atomic E-state index is 0.0572. The molecule has 0 aromatic carbocycles. The van der Waals surface area contributed by atoms with Gasteiger partial charge in [0.15, 0.2) is 0 Å². The van der Waals surface area contributed by atoms with E-state index in [9.17, 15) is 18.0 Å². The first kappa shape index (κ1) is 14.4. The van der Waals surface area contributed by atoms with Gasteiger partial charge in [-0.3, -0.25) is 14.7 Å². The van der Waals surface area contributed by atoms with Crippen LogP contribution >= 0.6 is 0 Å².